The fourth-order valence-electron chi connectivity index (χ4n) is 7.42. The minimum absolute atomic E-state index is 0.117. The molecule has 1 heterocycles. The second-order valence-electron chi connectivity index (χ2n) is 9.47. The summed E-state index contributed by atoms with van der Waals surface area (Å²) in [5.41, 5.74) is 3.80. The maximum atomic E-state index is 12.2. The molecule has 0 unspecified atom stereocenters. The van der Waals surface area contributed by atoms with Crippen molar-refractivity contribution in [3.8, 4) is 0 Å². The van der Waals surface area contributed by atoms with Crippen molar-refractivity contribution in [3.63, 3.8) is 0 Å². The zero-order valence-corrected chi connectivity index (χ0v) is 15.5. The summed E-state index contributed by atoms with van der Waals surface area (Å²) in [5, 5.41) is 8.44. The Morgan fingerprint density at radius 1 is 1.16 bits per heavy atom. The molecule has 4 nitrogen and oxygen atoms in total. The molecule has 1 aromatic rings. The van der Waals surface area contributed by atoms with Gasteiger partial charge >= 0.3 is 0 Å². The third-order valence-electron chi connectivity index (χ3n) is 8.65. The Hall–Kier alpha value is -1.45. The van der Waals surface area contributed by atoms with Gasteiger partial charge in [-0.05, 0) is 86.0 Å². The van der Waals surface area contributed by atoms with Gasteiger partial charge in [0.1, 0.15) is 11.4 Å². The lowest BCUT2D eigenvalue weighted by atomic mass is 9.45. The van der Waals surface area contributed by atoms with Crippen LogP contribution in [0.5, 0.6) is 0 Å². The zero-order valence-electron chi connectivity index (χ0n) is 15.5. The van der Waals surface area contributed by atoms with Crippen LogP contribution < -0.4 is 0 Å². The Morgan fingerprint density at radius 3 is 2.80 bits per heavy atom. The molecule has 0 spiro atoms. The minimum Gasteiger partial charge on any atom is -0.295 e. The van der Waals surface area contributed by atoms with Gasteiger partial charge in [-0.3, -0.25) is 4.79 Å². The Bertz CT molecular complexity index is 766. The van der Waals surface area contributed by atoms with Gasteiger partial charge in [0.2, 0.25) is 0 Å². The number of nitrogens with zero attached hydrogens (tertiary/aromatic N) is 2. The average Bonchev–Trinajstić information content (AvgIpc) is 3.17. The van der Waals surface area contributed by atoms with Crippen LogP contribution in [-0.4, -0.2) is 16.1 Å². The second-order valence-corrected chi connectivity index (χ2v) is 9.47. The van der Waals surface area contributed by atoms with Crippen LogP contribution in [0.2, 0.25) is 0 Å². The maximum absolute atomic E-state index is 12.2. The summed E-state index contributed by atoms with van der Waals surface area (Å²) < 4.78 is 5.08. The average molecular weight is 340 g/mol. The van der Waals surface area contributed by atoms with Crippen molar-refractivity contribution in [2.24, 2.45) is 28.6 Å². The number of allylic oxidation sites excluding steroid dienone is 2. The van der Waals surface area contributed by atoms with Crippen molar-refractivity contribution in [1.82, 2.24) is 10.3 Å². The standard InChI is InChI=1S/C21H28N2O2/c1-12(24)14-6-7-15-13-4-5-17-19-18(22-25-23-19)9-11-21(17,3)16(13)8-10-20(14,15)2/h6,13,15-17H,4-5,7-11H2,1-3H3/t13-,15-,16-,17-,20+,21+/m0/s1. The van der Waals surface area contributed by atoms with E-state index in [2.05, 4.69) is 30.2 Å². The molecule has 5 rings (SSSR count). The monoisotopic (exact) mass is 340 g/mol. The molecule has 0 aliphatic heterocycles. The van der Waals surface area contributed by atoms with Crippen molar-refractivity contribution in [2.75, 3.05) is 0 Å². The third kappa shape index (κ3) is 1.91. The molecule has 25 heavy (non-hydrogen) atoms. The maximum Gasteiger partial charge on any atom is 0.156 e. The summed E-state index contributed by atoms with van der Waals surface area (Å²) in [4.78, 5) is 12.2. The van der Waals surface area contributed by atoms with Gasteiger partial charge in [-0.15, -0.1) is 0 Å². The van der Waals surface area contributed by atoms with Crippen LogP contribution in [0.1, 0.15) is 76.6 Å². The highest BCUT2D eigenvalue weighted by molar-refractivity contribution is 5.95. The molecule has 2 fully saturated rings. The number of fused-ring (bicyclic) bond motifs is 7. The molecule has 4 aliphatic rings. The second kappa shape index (κ2) is 5.05. The van der Waals surface area contributed by atoms with Crippen molar-refractivity contribution in [1.29, 1.82) is 0 Å². The van der Waals surface area contributed by atoms with Crippen molar-refractivity contribution in [3.05, 3.63) is 23.0 Å². The van der Waals surface area contributed by atoms with E-state index in [4.69, 9.17) is 4.63 Å². The largest absolute Gasteiger partial charge is 0.295 e. The summed E-state index contributed by atoms with van der Waals surface area (Å²) in [5.74, 6) is 2.94. The quantitative estimate of drug-likeness (QED) is 0.757. The number of aryl methyl sites for hydroxylation is 1. The van der Waals surface area contributed by atoms with Crippen molar-refractivity contribution >= 4 is 5.78 Å². The van der Waals surface area contributed by atoms with Crippen LogP contribution in [0.3, 0.4) is 0 Å². The van der Waals surface area contributed by atoms with Gasteiger partial charge in [0.15, 0.2) is 5.78 Å². The van der Waals surface area contributed by atoms with Crippen LogP contribution in [0, 0.1) is 28.6 Å². The topological polar surface area (TPSA) is 56.0 Å². The number of ketones is 1. The molecule has 0 saturated heterocycles. The van der Waals surface area contributed by atoms with Gasteiger partial charge in [0, 0.05) is 5.92 Å². The van der Waals surface area contributed by atoms with Gasteiger partial charge in [-0.25, -0.2) is 4.63 Å². The predicted octanol–water partition coefficient (Wildman–Crippen LogP) is 4.47. The lowest BCUT2D eigenvalue weighted by Gasteiger charge is -2.59. The summed E-state index contributed by atoms with van der Waals surface area (Å²) in [6, 6.07) is 0. The smallest absolute Gasteiger partial charge is 0.156 e. The molecule has 2 saturated carbocycles. The van der Waals surface area contributed by atoms with E-state index in [9.17, 15) is 4.79 Å². The van der Waals surface area contributed by atoms with E-state index in [-0.39, 0.29) is 5.41 Å². The highest BCUT2D eigenvalue weighted by Crippen LogP contribution is 2.67. The lowest BCUT2D eigenvalue weighted by Crippen LogP contribution is -2.52. The Kier molecular flexibility index (Phi) is 3.19. The molecule has 134 valence electrons. The van der Waals surface area contributed by atoms with E-state index in [1.807, 2.05) is 0 Å². The van der Waals surface area contributed by atoms with Crippen LogP contribution in [0.4, 0.5) is 0 Å². The molecule has 0 N–H and O–H groups in total. The van der Waals surface area contributed by atoms with E-state index in [0.29, 0.717) is 23.0 Å². The normalized spacial score (nSPS) is 45.0. The first kappa shape index (κ1) is 15.8. The molecule has 6 atom stereocenters. The van der Waals surface area contributed by atoms with Crippen LogP contribution in [0.25, 0.3) is 0 Å². The first-order chi connectivity index (χ1) is 11.9. The number of hydrogen-bond donors (Lipinski definition) is 0. The molecule has 4 aliphatic carbocycles. The number of hydrogen-bond acceptors (Lipinski definition) is 4. The van der Waals surface area contributed by atoms with Gasteiger partial charge in [0.05, 0.1) is 0 Å². The first-order valence-corrected chi connectivity index (χ1v) is 9.98. The first-order valence-electron chi connectivity index (χ1n) is 9.98. The highest BCUT2D eigenvalue weighted by Gasteiger charge is 2.59. The van der Waals surface area contributed by atoms with Gasteiger partial charge in [-0.2, -0.15) is 0 Å². The van der Waals surface area contributed by atoms with Gasteiger partial charge in [0.25, 0.3) is 0 Å². The fraction of sp³-hybridized carbons (Fsp3) is 0.762. The number of Topliss-reactive ketones (excluding diaryl/α,β-unsaturated/α-hetero) is 1. The van der Waals surface area contributed by atoms with Crippen LogP contribution >= 0.6 is 0 Å². The molecule has 0 aromatic carbocycles. The molecular formula is C21H28N2O2. The SMILES string of the molecule is CC(=O)C1=CC[C@H]2[C@@H]3CC[C@H]4c5nonc5CC[C@]4(C)[C@H]3CC[C@]12C. The van der Waals surface area contributed by atoms with Crippen LogP contribution in [0.15, 0.2) is 16.3 Å². The Morgan fingerprint density at radius 2 is 2.00 bits per heavy atom. The van der Waals surface area contributed by atoms with E-state index in [1.54, 1.807) is 6.92 Å². The third-order valence-corrected chi connectivity index (χ3v) is 8.65. The summed E-state index contributed by atoms with van der Waals surface area (Å²) >= 11 is 0. The summed E-state index contributed by atoms with van der Waals surface area (Å²) in [7, 11) is 0. The van der Waals surface area contributed by atoms with Crippen LogP contribution in [-0.2, 0) is 11.2 Å². The van der Waals surface area contributed by atoms with E-state index < -0.39 is 0 Å². The lowest BCUT2D eigenvalue weighted by molar-refractivity contribution is -0.116. The Labute approximate surface area is 149 Å². The summed E-state index contributed by atoms with van der Waals surface area (Å²) in [6.45, 7) is 6.62. The molecule has 0 bridgehead atoms. The number of carbonyl (C=O) groups is 1. The molecule has 1 aromatic heterocycles. The number of aromatic nitrogens is 2. The molecule has 4 heteroatoms. The van der Waals surface area contributed by atoms with E-state index >= 15 is 0 Å². The number of carbonyl (C=O) groups excluding carboxylic acids is 1. The van der Waals surface area contributed by atoms with Gasteiger partial charge in [-0.1, -0.05) is 30.2 Å². The fourth-order valence-corrected chi connectivity index (χ4v) is 7.42. The van der Waals surface area contributed by atoms with Crippen molar-refractivity contribution in [2.45, 2.75) is 71.6 Å². The zero-order chi connectivity index (χ0) is 17.4. The van der Waals surface area contributed by atoms with Gasteiger partial charge < -0.3 is 0 Å². The van der Waals surface area contributed by atoms with E-state index in [1.165, 1.54) is 25.7 Å². The number of rotatable bonds is 1. The molecular weight excluding hydrogens is 312 g/mol. The summed E-state index contributed by atoms with van der Waals surface area (Å²) in [6.07, 6.45) is 10.4. The minimum atomic E-state index is 0.117. The van der Waals surface area contributed by atoms with E-state index in [0.717, 1.165) is 48.1 Å². The molecule has 0 amide bonds. The highest BCUT2D eigenvalue weighted by atomic mass is 16.6. The predicted molar refractivity (Wildman–Crippen MR) is 93.9 cm³/mol. The Balaban J connectivity index is 1.49. The molecule has 0 radical (unpaired) electrons. The van der Waals surface area contributed by atoms with Crippen molar-refractivity contribution < 1.29 is 9.42 Å².